The van der Waals surface area contributed by atoms with E-state index in [9.17, 15) is 9.59 Å². The Kier molecular flexibility index (Phi) is 4.75. The summed E-state index contributed by atoms with van der Waals surface area (Å²) < 4.78 is 6.36. The summed E-state index contributed by atoms with van der Waals surface area (Å²) in [7, 11) is 3.21. The van der Waals surface area contributed by atoms with Crippen molar-refractivity contribution in [3.8, 4) is 5.69 Å². The van der Waals surface area contributed by atoms with Gasteiger partial charge in [0.15, 0.2) is 5.82 Å². The molecule has 1 amide bonds. The van der Waals surface area contributed by atoms with Crippen LogP contribution in [0.5, 0.6) is 0 Å². The maximum Gasteiger partial charge on any atom is 0.323 e. The van der Waals surface area contributed by atoms with Crippen LogP contribution in [0.15, 0.2) is 24.3 Å². The minimum atomic E-state index is -0.328. The SMILES string of the molecule is COC(=O)[C@@H]1C[C@H](NC(=O)c2cccc(-n3nnnc3C)c2)CN1C. The second-order valence-electron chi connectivity index (χ2n) is 6.07. The topological polar surface area (TPSA) is 102 Å². The number of hydrogen-bond donors (Lipinski definition) is 1. The Morgan fingerprint density at radius 3 is 2.84 bits per heavy atom. The van der Waals surface area contributed by atoms with Gasteiger partial charge in [0, 0.05) is 18.2 Å². The summed E-state index contributed by atoms with van der Waals surface area (Å²) in [6, 6.07) is 6.63. The highest BCUT2D eigenvalue weighted by atomic mass is 16.5. The Labute approximate surface area is 144 Å². The number of likely N-dealkylation sites (tertiary alicyclic amines) is 1. The summed E-state index contributed by atoms with van der Waals surface area (Å²) in [5.41, 5.74) is 1.22. The van der Waals surface area contributed by atoms with Gasteiger partial charge in [0.25, 0.3) is 5.91 Å². The molecule has 1 aromatic carbocycles. The van der Waals surface area contributed by atoms with E-state index in [2.05, 4.69) is 20.8 Å². The van der Waals surface area contributed by atoms with Crippen LogP contribution in [0.1, 0.15) is 22.6 Å². The molecule has 2 aromatic rings. The molecule has 0 saturated carbocycles. The number of benzene rings is 1. The minimum Gasteiger partial charge on any atom is -0.468 e. The third-order valence-electron chi connectivity index (χ3n) is 4.34. The zero-order valence-electron chi connectivity index (χ0n) is 14.3. The number of nitrogens with zero attached hydrogens (tertiary/aromatic N) is 5. The molecule has 1 aromatic heterocycles. The van der Waals surface area contributed by atoms with Gasteiger partial charge in [-0.25, -0.2) is 0 Å². The van der Waals surface area contributed by atoms with E-state index >= 15 is 0 Å². The summed E-state index contributed by atoms with van der Waals surface area (Å²) in [4.78, 5) is 26.2. The molecule has 0 radical (unpaired) electrons. The van der Waals surface area contributed by atoms with E-state index in [0.29, 0.717) is 30.0 Å². The first-order valence-electron chi connectivity index (χ1n) is 7.94. The third-order valence-corrected chi connectivity index (χ3v) is 4.34. The maximum absolute atomic E-state index is 12.6. The van der Waals surface area contributed by atoms with Crippen molar-refractivity contribution in [3.05, 3.63) is 35.7 Å². The molecule has 0 aliphatic carbocycles. The number of nitrogens with one attached hydrogen (secondary N) is 1. The molecule has 1 N–H and O–H groups in total. The lowest BCUT2D eigenvalue weighted by Gasteiger charge is -2.15. The number of methoxy groups -OCH3 is 1. The number of aromatic nitrogens is 4. The van der Waals surface area contributed by atoms with Crippen LogP contribution in [0.3, 0.4) is 0 Å². The number of carbonyl (C=O) groups is 2. The van der Waals surface area contributed by atoms with Gasteiger partial charge in [-0.05, 0) is 49.0 Å². The molecule has 1 saturated heterocycles. The average molecular weight is 344 g/mol. The van der Waals surface area contributed by atoms with Crippen molar-refractivity contribution in [2.75, 3.05) is 20.7 Å². The highest BCUT2D eigenvalue weighted by molar-refractivity contribution is 5.95. The lowest BCUT2D eigenvalue weighted by atomic mass is 10.1. The number of esters is 1. The quantitative estimate of drug-likeness (QED) is 0.776. The van der Waals surface area contributed by atoms with Gasteiger partial charge in [-0.3, -0.25) is 14.5 Å². The molecule has 1 fully saturated rings. The number of tetrazole rings is 1. The van der Waals surface area contributed by atoms with Crippen LogP contribution in [-0.2, 0) is 9.53 Å². The third kappa shape index (κ3) is 3.50. The first-order valence-corrected chi connectivity index (χ1v) is 7.94. The van der Waals surface area contributed by atoms with Crippen molar-refractivity contribution < 1.29 is 14.3 Å². The van der Waals surface area contributed by atoms with Crippen molar-refractivity contribution in [3.63, 3.8) is 0 Å². The Hall–Kier alpha value is -2.81. The van der Waals surface area contributed by atoms with Crippen LogP contribution < -0.4 is 5.32 Å². The van der Waals surface area contributed by atoms with Crippen molar-refractivity contribution in [1.29, 1.82) is 0 Å². The molecule has 0 bridgehead atoms. The Morgan fingerprint density at radius 2 is 2.16 bits per heavy atom. The van der Waals surface area contributed by atoms with Gasteiger partial charge in [0.1, 0.15) is 6.04 Å². The normalized spacial score (nSPS) is 20.4. The second-order valence-corrected chi connectivity index (χ2v) is 6.07. The van der Waals surface area contributed by atoms with E-state index < -0.39 is 0 Å². The van der Waals surface area contributed by atoms with Gasteiger partial charge in [0.2, 0.25) is 0 Å². The lowest BCUT2D eigenvalue weighted by molar-refractivity contribution is -0.145. The predicted molar refractivity (Wildman–Crippen MR) is 88.2 cm³/mol. The van der Waals surface area contributed by atoms with Crippen LogP contribution >= 0.6 is 0 Å². The minimum absolute atomic E-state index is 0.111. The first kappa shape index (κ1) is 17.0. The molecule has 0 unspecified atom stereocenters. The molecule has 3 rings (SSSR count). The van der Waals surface area contributed by atoms with Crippen molar-refractivity contribution in [2.24, 2.45) is 0 Å². The van der Waals surface area contributed by atoms with Crippen molar-refractivity contribution in [1.82, 2.24) is 30.4 Å². The van der Waals surface area contributed by atoms with Crippen LogP contribution in [-0.4, -0.2) is 69.8 Å². The van der Waals surface area contributed by atoms with Crippen LogP contribution in [0.25, 0.3) is 5.69 Å². The van der Waals surface area contributed by atoms with Crippen LogP contribution in [0.2, 0.25) is 0 Å². The predicted octanol–water partition coefficient (Wildman–Crippen LogP) is -0.0538. The molecule has 9 heteroatoms. The molecule has 9 nitrogen and oxygen atoms in total. The highest BCUT2D eigenvalue weighted by Crippen LogP contribution is 2.18. The molecule has 25 heavy (non-hydrogen) atoms. The number of carbonyl (C=O) groups excluding carboxylic acids is 2. The fourth-order valence-electron chi connectivity index (χ4n) is 3.03. The van der Waals surface area contributed by atoms with Gasteiger partial charge >= 0.3 is 5.97 Å². The van der Waals surface area contributed by atoms with Gasteiger partial charge < -0.3 is 10.1 Å². The standard InChI is InChI=1S/C16H20N6O3/c1-10-18-19-20-22(10)13-6-4-5-11(7-13)15(23)17-12-8-14(16(24)25-3)21(2)9-12/h4-7,12,14H,8-9H2,1-3H3,(H,17,23)/t12-,14-/m0/s1. The number of amides is 1. The maximum atomic E-state index is 12.6. The summed E-state index contributed by atoms with van der Waals surface area (Å²) in [6.07, 6.45) is 0.528. The van der Waals surface area contributed by atoms with Gasteiger partial charge in [0.05, 0.1) is 12.8 Å². The molecular formula is C16H20N6O3. The Bertz CT molecular complexity index is 790. The van der Waals surface area contributed by atoms with E-state index in [1.54, 1.807) is 29.8 Å². The van der Waals surface area contributed by atoms with E-state index in [0.717, 1.165) is 0 Å². The summed E-state index contributed by atoms with van der Waals surface area (Å²) in [6.45, 7) is 2.38. The molecule has 132 valence electrons. The Morgan fingerprint density at radius 1 is 1.36 bits per heavy atom. The Balaban J connectivity index is 1.70. The smallest absolute Gasteiger partial charge is 0.323 e. The monoisotopic (exact) mass is 344 g/mol. The van der Waals surface area contributed by atoms with Gasteiger partial charge in [-0.1, -0.05) is 6.07 Å². The number of ether oxygens (including phenoxy) is 1. The fraction of sp³-hybridized carbons (Fsp3) is 0.438. The summed E-state index contributed by atoms with van der Waals surface area (Å²) in [5.74, 6) is 0.155. The molecular weight excluding hydrogens is 324 g/mol. The molecule has 2 atom stereocenters. The van der Waals surface area contributed by atoms with Crippen molar-refractivity contribution >= 4 is 11.9 Å². The molecule has 0 spiro atoms. The van der Waals surface area contributed by atoms with Gasteiger partial charge in [-0.15, -0.1) is 5.10 Å². The number of hydrogen-bond acceptors (Lipinski definition) is 7. The van der Waals surface area contributed by atoms with E-state index in [1.807, 2.05) is 18.0 Å². The van der Waals surface area contributed by atoms with Crippen molar-refractivity contribution in [2.45, 2.75) is 25.4 Å². The summed E-state index contributed by atoms with van der Waals surface area (Å²) >= 11 is 0. The molecule has 1 aliphatic heterocycles. The second kappa shape index (κ2) is 6.98. The number of likely N-dealkylation sites (N-methyl/N-ethyl adjacent to an activating group) is 1. The molecule has 1 aliphatic rings. The molecule has 2 heterocycles. The average Bonchev–Trinajstić information content (AvgIpc) is 3.19. The highest BCUT2D eigenvalue weighted by Gasteiger charge is 2.35. The zero-order valence-corrected chi connectivity index (χ0v) is 14.3. The van der Waals surface area contributed by atoms with Crippen LogP contribution in [0, 0.1) is 6.92 Å². The fourth-order valence-corrected chi connectivity index (χ4v) is 3.03. The first-order chi connectivity index (χ1) is 12.0. The number of rotatable bonds is 4. The van der Waals surface area contributed by atoms with Gasteiger partial charge in [-0.2, -0.15) is 4.68 Å². The van der Waals surface area contributed by atoms with E-state index in [1.165, 1.54) is 7.11 Å². The van der Waals surface area contributed by atoms with E-state index in [4.69, 9.17) is 4.74 Å². The lowest BCUT2D eigenvalue weighted by Crippen LogP contribution is -2.36. The zero-order chi connectivity index (χ0) is 18.0. The summed E-state index contributed by atoms with van der Waals surface area (Å²) in [5, 5.41) is 14.3. The van der Waals surface area contributed by atoms with E-state index in [-0.39, 0.29) is 24.0 Å². The largest absolute Gasteiger partial charge is 0.468 e. The van der Waals surface area contributed by atoms with Crippen LogP contribution in [0.4, 0.5) is 0 Å². The number of aryl methyl sites for hydroxylation is 1.